The zero-order chi connectivity index (χ0) is 12.4. The lowest BCUT2D eigenvalue weighted by Gasteiger charge is -2.17. The van der Waals surface area contributed by atoms with Crippen molar-refractivity contribution < 1.29 is 9.26 Å². The van der Waals surface area contributed by atoms with E-state index in [2.05, 4.69) is 15.5 Å². The minimum atomic E-state index is 0.166. The van der Waals surface area contributed by atoms with Gasteiger partial charge >= 0.3 is 0 Å². The van der Waals surface area contributed by atoms with Crippen molar-refractivity contribution in [2.24, 2.45) is 0 Å². The molecule has 0 spiro atoms. The molecule has 3 rings (SSSR count). The summed E-state index contributed by atoms with van der Waals surface area (Å²) >= 11 is 0. The van der Waals surface area contributed by atoms with Gasteiger partial charge < -0.3 is 14.6 Å². The van der Waals surface area contributed by atoms with Gasteiger partial charge in [0.1, 0.15) is 0 Å². The van der Waals surface area contributed by atoms with Crippen LogP contribution in [0.5, 0.6) is 0 Å². The quantitative estimate of drug-likeness (QED) is 0.892. The average molecular weight is 251 g/mol. The van der Waals surface area contributed by atoms with E-state index in [1.807, 2.05) is 0 Å². The molecule has 2 aliphatic rings. The molecule has 1 aliphatic carbocycles. The van der Waals surface area contributed by atoms with Crippen molar-refractivity contribution in [3.8, 4) is 0 Å². The van der Waals surface area contributed by atoms with E-state index in [1.165, 1.54) is 32.1 Å². The summed E-state index contributed by atoms with van der Waals surface area (Å²) in [6.07, 6.45) is 7.53. The Morgan fingerprint density at radius 1 is 1.28 bits per heavy atom. The minimum Gasteiger partial charge on any atom is -0.380 e. The molecule has 0 aromatic carbocycles. The molecular formula is C13H21N3O2. The molecule has 5 heteroatoms. The highest BCUT2D eigenvalue weighted by Crippen LogP contribution is 2.32. The summed E-state index contributed by atoms with van der Waals surface area (Å²) in [7, 11) is 1.75. The van der Waals surface area contributed by atoms with Gasteiger partial charge in [0.05, 0.1) is 12.1 Å². The lowest BCUT2D eigenvalue weighted by Crippen LogP contribution is -2.16. The molecule has 1 aromatic heterocycles. The Morgan fingerprint density at radius 3 is 2.83 bits per heavy atom. The number of hydrogen-bond acceptors (Lipinski definition) is 5. The van der Waals surface area contributed by atoms with Gasteiger partial charge in [0.25, 0.3) is 0 Å². The maximum Gasteiger partial charge on any atom is 0.243 e. The topological polar surface area (TPSA) is 60.2 Å². The summed E-state index contributed by atoms with van der Waals surface area (Å²) < 4.78 is 10.7. The molecule has 1 N–H and O–H groups in total. The van der Waals surface area contributed by atoms with Gasteiger partial charge in [-0.15, -0.1) is 0 Å². The van der Waals surface area contributed by atoms with Gasteiger partial charge in [-0.05, 0) is 19.3 Å². The molecule has 100 valence electrons. The van der Waals surface area contributed by atoms with Crippen molar-refractivity contribution in [2.75, 3.05) is 13.7 Å². The first kappa shape index (κ1) is 12.1. The molecule has 0 unspecified atom stereocenters. The van der Waals surface area contributed by atoms with E-state index >= 15 is 0 Å². The zero-order valence-corrected chi connectivity index (χ0v) is 10.9. The Labute approximate surface area is 107 Å². The molecule has 2 heterocycles. The van der Waals surface area contributed by atoms with E-state index in [4.69, 9.17) is 9.26 Å². The highest BCUT2D eigenvalue weighted by molar-refractivity contribution is 5.02. The van der Waals surface area contributed by atoms with Crippen LogP contribution >= 0.6 is 0 Å². The fraction of sp³-hybridized carbons (Fsp3) is 0.846. The number of aromatic nitrogens is 2. The fourth-order valence-electron chi connectivity index (χ4n) is 2.99. The van der Waals surface area contributed by atoms with E-state index in [9.17, 15) is 0 Å². The molecule has 0 bridgehead atoms. The van der Waals surface area contributed by atoms with E-state index in [1.54, 1.807) is 7.11 Å². The molecule has 1 aliphatic heterocycles. The molecule has 2 atom stereocenters. The van der Waals surface area contributed by atoms with E-state index in [-0.39, 0.29) is 12.1 Å². The summed E-state index contributed by atoms with van der Waals surface area (Å²) in [6.45, 7) is 0.863. The Balaban J connectivity index is 1.66. The van der Waals surface area contributed by atoms with Gasteiger partial charge in [-0.1, -0.05) is 24.4 Å². The van der Waals surface area contributed by atoms with Crippen LogP contribution in [-0.4, -0.2) is 29.9 Å². The van der Waals surface area contributed by atoms with Gasteiger partial charge in [0.15, 0.2) is 5.82 Å². The van der Waals surface area contributed by atoms with Gasteiger partial charge in [-0.2, -0.15) is 4.98 Å². The van der Waals surface area contributed by atoms with Crippen LogP contribution in [0.1, 0.15) is 62.2 Å². The Kier molecular flexibility index (Phi) is 3.61. The number of hydrogen-bond donors (Lipinski definition) is 1. The SMILES string of the molecule is CO[C@@H]1CN[C@@H](c2nc(C3CCCCC3)no2)C1. The van der Waals surface area contributed by atoms with Gasteiger partial charge in [0.2, 0.25) is 5.89 Å². The second-order valence-electron chi connectivity index (χ2n) is 5.38. The largest absolute Gasteiger partial charge is 0.380 e. The predicted octanol–water partition coefficient (Wildman–Crippen LogP) is 2.17. The van der Waals surface area contributed by atoms with Crippen molar-refractivity contribution >= 4 is 0 Å². The Hall–Kier alpha value is -0.940. The first-order valence-corrected chi connectivity index (χ1v) is 6.96. The van der Waals surface area contributed by atoms with Crippen LogP contribution in [0.4, 0.5) is 0 Å². The maximum atomic E-state index is 5.42. The average Bonchev–Trinajstić information content (AvgIpc) is 3.08. The fourth-order valence-corrected chi connectivity index (χ4v) is 2.99. The number of ether oxygens (including phenoxy) is 1. The molecule has 1 saturated heterocycles. The van der Waals surface area contributed by atoms with Crippen molar-refractivity contribution in [1.29, 1.82) is 0 Å². The summed E-state index contributed by atoms with van der Waals surface area (Å²) in [4.78, 5) is 4.59. The molecule has 2 fully saturated rings. The van der Waals surface area contributed by atoms with Crippen LogP contribution in [0.2, 0.25) is 0 Å². The summed E-state index contributed by atoms with van der Waals surface area (Å²) in [5, 5.41) is 7.54. The first-order chi connectivity index (χ1) is 8.86. The normalized spacial score (nSPS) is 29.8. The van der Waals surface area contributed by atoms with Crippen LogP contribution < -0.4 is 5.32 Å². The third-order valence-corrected chi connectivity index (χ3v) is 4.15. The van der Waals surface area contributed by atoms with Crippen molar-refractivity contribution in [2.45, 2.75) is 56.6 Å². The molecule has 18 heavy (non-hydrogen) atoms. The molecule has 1 aromatic rings. The maximum absolute atomic E-state index is 5.42. The molecule has 5 nitrogen and oxygen atoms in total. The number of rotatable bonds is 3. The lowest BCUT2D eigenvalue weighted by molar-refractivity contribution is 0.116. The third kappa shape index (κ3) is 2.42. The summed E-state index contributed by atoms with van der Waals surface area (Å²) in [5.74, 6) is 2.15. The van der Waals surface area contributed by atoms with Crippen LogP contribution in [0, 0.1) is 0 Å². The van der Waals surface area contributed by atoms with E-state index < -0.39 is 0 Å². The summed E-state index contributed by atoms with van der Waals surface area (Å²) in [5.41, 5.74) is 0. The van der Waals surface area contributed by atoms with Crippen LogP contribution in [-0.2, 0) is 4.74 Å². The predicted molar refractivity (Wildman–Crippen MR) is 66.3 cm³/mol. The highest BCUT2D eigenvalue weighted by atomic mass is 16.5. The minimum absolute atomic E-state index is 0.166. The highest BCUT2D eigenvalue weighted by Gasteiger charge is 2.30. The van der Waals surface area contributed by atoms with Crippen molar-refractivity contribution in [1.82, 2.24) is 15.5 Å². The van der Waals surface area contributed by atoms with Crippen LogP contribution in [0.25, 0.3) is 0 Å². The van der Waals surface area contributed by atoms with Gasteiger partial charge in [-0.25, -0.2) is 0 Å². The molecule has 0 amide bonds. The monoisotopic (exact) mass is 251 g/mol. The standard InChI is InChI=1S/C13H21N3O2/c1-17-10-7-11(14-8-10)13-15-12(16-18-13)9-5-3-2-4-6-9/h9-11,14H,2-8H2,1H3/t10-,11+/m0/s1. The molecular weight excluding hydrogens is 230 g/mol. The number of methoxy groups -OCH3 is 1. The van der Waals surface area contributed by atoms with Crippen molar-refractivity contribution in [3.05, 3.63) is 11.7 Å². The number of nitrogens with zero attached hydrogens (tertiary/aromatic N) is 2. The Bertz CT molecular complexity index is 387. The second kappa shape index (κ2) is 5.36. The smallest absolute Gasteiger partial charge is 0.243 e. The Morgan fingerprint density at radius 2 is 2.11 bits per heavy atom. The molecule has 0 radical (unpaired) electrons. The van der Waals surface area contributed by atoms with Crippen LogP contribution in [0.15, 0.2) is 4.52 Å². The number of nitrogens with one attached hydrogen (secondary N) is 1. The van der Waals surface area contributed by atoms with Crippen LogP contribution in [0.3, 0.4) is 0 Å². The third-order valence-electron chi connectivity index (χ3n) is 4.15. The first-order valence-electron chi connectivity index (χ1n) is 6.96. The molecule has 1 saturated carbocycles. The summed E-state index contributed by atoms with van der Waals surface area (Å²) in [6, 6.07) is 0.166. The second-order valence-corrected chi connectivity index (χ2v) is 5.38. The zero-order valence-electron chi connectivity index (χ0n) is 10.9. The lowest BCUT2D eigenvalue weighted by atomic mass is 9.89. The van der Waals surface area contributed by atoms with E-state index in [0.717, 1.165) is 24.7 Å². The van der Waals surface area contributed by atoms with Gasteiger partial charge in [0, 0.05) is 19.6 Å². The van der Waals surface area contributed by atoms with Crippen molar-refractivity contribution in [3.63, 3.8) is 0 Å². The van der Waals surface area contributed by atoms with E-state index in [0.29, 0.717) is 5.92 Å². The van der Waals surface area contributed by atoms with Gasteiger partial charge in [-0.3, -0.25) is 0 Å².